The monoisotopic (exact) mass is 203 g/mol. The molecule has 0 aliphatic rings. The smallest absolute Gasteiger partial charge is 0.122 e. The molecule has 0 atom stereocenters. The van der Waals surface area contributed by atoms with Gasteiger partial charge in [0.1, 0.15) is 5.75 Å². The van der Waals surface area contributed by atoms with E-state index in [0.717, 1.165) is 5.75 Å². The molecule has 0 aliphatic heterocycles. The average Bonchev–Trinajstić information content (AvgIpc) is 2.19. The summed E-state index contributed by atoms with van der Waals surface area (Å²) in [6, 6.07) is 6.23. The predicted octanol–water partition coefficient (Wildman–Crippen LogP) is 3.91. The third-order valence-corrected chi connectivity index (χ3v) is 2.30. The van der Waals surface area contributed by atoms with Gasteiger partial charge in [-0.25, -0.2) is 0 Å². The van der Waals surface area contributed by atoms with Gasteiger partial charge < -0.3 is 4.74 Å². The van der Waals surface area contributed by atoms with Gasteiger partial charge in [0.15, 0.2) is 0 Å². The molecule has 0 bridgehead atoms. The molecule has 0 saturated heterocycles. The summed E-state index contributed by atoms with van der Waals surface area (Å²) in [6.45, 7) is 12.0. The van der Waals surface area contributed by atoms with Crippen LogP contribution in [0.2, 0.25) is 0 Å². The lowest BCUT2D eigenvalue weighted by Crippen LogP contribution is -2.06. The molecule has 1 rings (SSSR count). The van der Waals surface area contributed by atoms with Crippen molar-refractivity contribution in [1.29, 1.82) is 0 Å². The van der Waals surface area contributed by atoms with Crippen LogP contribution in [-0.4, -0.2) is 6.10 Å². The molecule has 15 heavy (non-hydrogen) atoms. The van der Waals surface area contributed by atoms with E-state index < -0.39 is 0 Å². The summed E-state index contributed by atoms with van der Waals surface area (Å²) in [6.07, 6.45) is 2.09. The van der Waals surface area contributed by atoms with Gasteiger partial charge >= 0.3 is 0 Å². The van der Waals surface area contributed by atoms with E-state index in [1.54, 1.807) is 0 Å². The number of rotatable bonds is 4. The van der Waals surface area contributed by atoms with E-state index in [2.05, 4.69) is 32.6 Å². The van der Waals surface area contributed by atoms with Crippen LogP contribution in [0.3, 0.4) is 0 Å². The zero-order valence-electron chi connectivity index (χ0n) is 10.0. The Hall–Kier alpha value is -1.24. The highest BCUT2D eigenvalue weighted by atomic mass is 16.5. The van der Waals surface area contributed by atoms with E-state index in [9.17, 15) is 0 Å². The van der Waals surface area contributed by atoms with Crippen LogP contribution in [0.25, 0.3) is 0 Å². The number of ether oxygens (including phenoxy) is 1. The maximum atomic E-state index is 5.68. The van der Waals surface area contributed by atoms with Crippen molar-refractivity contribution in [2.24, 2.45) is 0 Å². The molecule has 0 aromatic heterocycles. The summed E-state index contributed by atoms with van der Waals surface area (Å²) in [4.78, 5) is 0. The molecule has 1 heteroatoms. The lowest BCUT2D eigenvalue weighted by atomic mass is 9.99. The summed E-state index contributed by atoms with van der Waals surface area (Å²) < 4.78 is 5.68. The molecule has 81 valence electrons. The normalized spacial score (nSPS) is 10.8. The predicted molar refractivity (Wildman–Crippen MR) is 65.2 cm³/mol. The van der Waals surface area contributed by atoms with Crippen molar-refractivity contribution in [2.45, 2.75) is 33.8 Å². The molecule has 0 unspecified atom stereocenters. The van der Waals surface area contributed by atoms with Crippen molar-refractivity contribution >= 4 is 0 Å². The summed E-state index contributed by atoms with van der Waals surface area (Å²) in [5.74, 6) is 2.15. The van der Waals surface area contributed by atoms with Crippen LogP contribution in [0, 0.1) is 12.8 Å². The van der Waals surface area contributed by atoms with E-state index >= 15 is 0 Å². The van der Waals surface area contributed by atoms with Crippen LogP contribution in [0.4, 0.5) is 0 Å². The van der Waals surface area contributed by atoms with Crippen LogP contribution in [0.15, 0.2) is 30.9 Å². The first-order valence-electron chi connectivity index (χ1n) is 5.28. The van der Waals surface area contributed by atoms with Gasteiger partial charge in [-0.2, -0.15) is 0 Å². The molecular weight excluding hydrogens is 184 g/mol. The second-order valence-corrected chi connectivity index (χ2v) is 4.03. The van der Waals surface area contributed by atoms with Crippen molar-refractivity contribution in [1.82, 2.24) is 0 Å². The quantitative estimate of drug-likeness (QED) is 0.721. The first kappa shape index (κ1) is 11.8. The first-order valence-corrected chi connectivity index (χ1v) is 5.28. The third kappa shape index (κ3) is 3.12. The van der Waals surface area contributed by atoms with E-state index in [1.807, 2.05) is 26.0 Å². The summed E-state index contributed by atoms with van der Waals surface area (Å²) in [5, 5.41) is 0. The maximum Gasteiger partial charge on any atom is 0.122 e. The van der Waals surface area contributed by atoms with Crippen molar-refractivity contribution in [3.05, 3.63) is 47.9 Å². The number of benzene rings is 1. The molecule has 0 N–H and O–H groups in total. The molecular formula is C14H19O. The van der Waals surface area contributed by atoms with Gasteiger partial charge in [-0.1, -0.05) is 25.1 Å². The highest BCUT2D eigenvalue weighted by molar-refractivity contribution is 5.43. The molecule has 0 fully saturated rings. The highest BCUT2D eigenvalue weighted by Gasteiger charge is 2.06. The van der Waals surface area contributed by atoms with Gasteiger partial charge in [-0.15, -0.1) is 6.58 Å². The Balaban J connectivity index is 2.92. The Morgan fingerprint density at radius 1 is 1.40 bits per heavy atom. The van der Waals surface area contributed by atoms with Crippen LogP contribution in [0.1, 0.15) is 31.9 Å². The van der Waals surface area contributed by atoms with Crippen molar-refractivity contribution in [3.8, 4) is 5.75 Å². The Bertz CT molecular complexity index is 339. The second-order valence-electron chi connectivity index (χ2n) is 4.03. The third-order valence-electron chi connectivity index (χ3n) is 2.30. The average molecular weight is 203 g/mol. The van der Waals surface area contributed by atoms with E-state index in [0.29, 0.717) is 0 Å². The number of aryl methyl sites for hydroxylation is 1. The number of hydrogen-bond acceptors (Lipinski definition) is 1. The molecule has 0 aliphatic carbocycles. The zero-order valence-corrected chi connectivity index (χ0v) is 10.0. The molecule has 1 aromatic carbocycles. The first-order chi connectivity index (χ1) is 7.04. The van der Waals surface area contributed by atoms with E-state index in [1.165, 1.54) is 17.0 Å². The standard InChI is InChI=1S/C14H19O/c1-6-11(4)13-7-8-14(12(5)9-13)15-10(2)3/h6-10H,1H2,2-5H3. The van der Waals surface area contributed by atoms with Crippen LogP contribution in [0.5, 0.6) is 5.75 Å². The van der Waals surface area contributed by atoms with E-state index in [-0.39, 0.29) is 6.10 Å². The van der Waals surface area contributed by atoms with Gasteiger partial charge in [-0.05, 0) is 38.0 Å². The molecule has 1 aromatic rings. The Morgan fingerprint density at radius 3 is 2.53 bits per heavy atom. The fourth-order valence-electron chi connectivity index (χ4n) is 1.40. The maximum absolute atomic E-state index is 5.68. The van der Waals surface area contributed by atoms with Gasteiger partial charge in [0, 0.05) is 5.92 Å². The van der Waals surface area contributed by atoms with Crippen LogP contribution >= 0.6 is 0 Å². The van der Waals surface area contributed by atoms with Crippen LogP contribution < -0.4 is 4.74 Å². The largest absolute Gasteiger partial charge is 0.491 e. The SMILES string of the molecule is C=C[C](C)c1ccc(OC(C)C)c(C)c1. The minimum absolute atomic E-state index is 0.221. The molecule has 0 saturated carbocycles. The van der Waals surface area contributed by atoms with Crippen molar-refractivity contribution < 1.29 is 4.74 Å². The lowest BCUT2D eigenvalue weighted by Gasteiger charge is -2.14. The fourth-order valence-corrected chi connectivity index (χ4v) is 1.40. The molecule has 1 radical (unpaired) electrons. The Labute approximate surface area is 92.8 Å². The van der Waals surface area contributed by atoms with Gasteiger partial charge in [0.25, 0.3) is 0 Å². The van der Waals surface area contributed by atoms with Crippen LogP contribution in [-0.2, 0) is 0 Å². The number of hydrogen-bond donors (Lipinski definition) is 0. The minimum Gasteiger partial charge on any atom is -0.491 e. The molecule has 0 heterocycles. The zero-order chi connectivity index (χ0) is 11.4. The van der Waals surface area contributed by atoms with E-state index in [4.69, 9.17) is 4.74 Å². The fraction of sp³-hybridized carbons (Fsp3) is 0.357. The molecule has 1 nitrogen and oxygen atoms in total. The number of allylic oxidation sites excluding steroid dienone is 1. The second kappa shape index (κ2) is 5.01. The topological polar surface area (TPSA) is 9.23 Å². The summed E-state index contributed by atoms with van der Waals surface area (Å²) >= 11 is 0. The minimum atomic E-state index is 0.221. The van der Waals surface area contributed by atoms with Crippen molar-refractivity contribution in [3.63, 3.8) is 0 Å². The van der Waals surface area contributed by atoms with Gasteiger partial charge in [0.05, 0.1) is 6.10 Å². The summed E-state index contributed by atoms with van der Waals surface area (Å²) in [5.41, 5.74) is 2.38. The lowest BCUT2D eigenvalue weighted by molar-refractivity contribution is 0.241. The molecule has 0 amide bonds. The van der Waals surface area contributed by atoms with Gasteiger partial charge in [0.2, 0.25) is 0 Å². The Kier molecular flexibility index (Phi) is 3.96. The van der Waals surface area contributed by atoms with Gasteiger partial charge in [-0.3, -0.25) is 0 Å². The summed E-state index contributed by atoms with van der Waals surface area (Å²) in [7, 11) is 0. The Morgan fingerprint density at radius 2 is 2.07 bits per heavy atom. The highest BCUT2D eigenvalue weighted by Crippen LogP contribution is 2.24. The molecule has 0 spiro atoms. The van der Waals surface area contributed by atoms with Crippen molar-refractivity contribution in [2.75, 3.05) is 0 Å².